The maximum Gasteiger partial charge on any atom is 0.314 e. The third-order valence-electron chi connectivity index (χ3n) is 6.21. The second-order valence-electron chi connectivity index (χ2n) is 7.98. The molecule has 1 aliphatic heterocycles. The molecule has 1 aromatic rings. The summed E-state index contributed by atoms with van der Waals surface area (Å²) in [5, 5.41) is 9.85. The van der Waals surface area contributed by atoms with Crippen molar-refractivity contribution in [1.82, 2.24) is 4.90 Å². The molecule has 1 aliphatic carbocycles. The van der Waals surface area contributed by atoms with Gasteiger partial charge in [0.1, 0.15) is 0 Å². The lowest BCUT2D eigenvalue weighted by molar-refractivity contribution is -0.148. The Balaban J connectivity index is 1.62. The van der Waals surface area contributed by atoms with Gasteiger partial charge in [-0.25, -0.2) is 0 Å². The number of hydrogen-bond donors (Lipinski definition) is 1. The number of piperidine rings is 1. The molecule has 0 radical (unpaired) electrons. The van der Waals surface area contributed by atoms with Gasteiger partial charge in [-0.3, -0.25) is 9.59 Å². The first kappa shape index (κ1) is 18.0. The summed E-state index contributed by atoms with van der Waals surface area (Å²) in [5.74, 6) is 0.681. The van der Waals surface area contributed by atoms with Gasteiger partial charge in [-0.05, 0) is 43.1 Å². The van der Waals surface area contributed by atoms with E-state index in [1.165, 1.54) is 12.8 Å². The monoisotopic (exact) mass is 343 g/mol. The molecule has 0 aromatic heterocycles. The molecule has 1 heterocycles. The summed E-state index contributed by atoms with van der Waals surface area (Å²) in [6.45, 7) is 3.36. The van der Waals surface area contributed by atoms with Crippen LogP contribution < -0.4 is 0 Å². The normalized spacial score (nSPS) is 26.2. The number of carboxylic acid groups (broad SMARTS) is 1. The average molecular weight is 343 g/mol. The van der Waals surface area contributed by atoms with Crippen molar-refractivity contribution >= 4 is 11.9 Å². The fraction of sp³-hybridized carbons (Fsp3) is 0.619. The molecule has 2 aliphatic rings. The highest BCUT2D eigenvalue weighted by molar-refractivity contribution is 5.82. The Kier molecular flexibility index (Phi) is 5.45. The van der Waals surface area contributed by atoms with Crippen LogP contribution in [-0.2, 0) is 15.0 Å². The van der Waals surface area contributed by atoms with E-state index in [1.807, 2.05) is 35.2 Å². The Morgan fingerprint density at radius 2 is 1.84 bits per heavy atom. The summed E-state index contributed by atoms with van der Waals surface area (Å²) in [5.41, 5.74) is 0.00732. The number of aliphatic carboxylic acids is 1. The molecule has 2 unspecified atom stereocenters. The molecule has 2 fully saturated rings. The molecule has 1 aromatic carbocycles. The van der Waals surface area contributed by atoms with Crippen LogP contribution in [-0.4, -0.2) is 35.0 Å². The van der Waals surface area contributed by atoms with E-state index < -0.39 is 11.4 Å². The molecular weight excluding hydrogens is 314 g/mol. The highest BCUT2D eigenvalue weighted by atomic mass is 16.4. The quantitative estimate of drug-likeness (QED) is 0.903. The molecule has 1 saturated carbocycles. The fourth-order valence-electron chi connectivity index (χ4n) is 4.64. The van der Waals surface area contributed by atoms with Gasteiger partial charge >= 0.3 is 5.97 Å². The first-order valence-corrected chi connectivity index (χ1v) is 9.58. The van der Waals surface area contributed by atoms with Crippen molar-refractivity contribution in [3.05, 3.63) is 35.9 Å². The standard InChI is InChI=1S/C21H29NO3/c1-16-6-5-7-17(14-16)15-19(23)22-12-10-21(11-13-22,20(24)25)18-8-3-2-4-9-18/h2-4,8-9,16-17H,5-7,10-15H2,1H3,(H,24,25). The third kappa shape index (κ3) is 3.88. The van der Waals surface area contributed by atoms with Crippen molar-refractivity contribution in [1.29, 1.82) is 0 Å². The molecule has 1 N–H and O–H groups in total. The van der Waals surface area contributed by atoms with Gasteiger partial charge in [-0.15, -0.1) is 0 Å². The molecule has 1 amide bonds. The number of nitrogens with zero attached hydrogens (tertiary/aromatic N) is 1. The van der Waals surface area contributed by atoms with Crippen molar-refractivity contribution in [3.8, 4) is 0 Å². The zero-order valence-electron chi connectivity index (χ0n) is 15.1. The Bertz CT molecular complexity index is 605. The van der Waals surface area contributed by atoms with Gasteiger partial charge in [0.2, 0.25) is 5.91 Å². The number of carboxylic acids is 1. The molecular formula is C21H29NO3. The molecule has 1 saturated heterocycles. The smallest absolute Gasteiger partial charge is 0.314 e. The van der Waals surface area contributed by atoms with E-state index in [0.717, 1.165) is 24.3 Å². The van der Waals surface area contributed by atoms with E-state index in [0.29, 0.717) is 38.3 Å². The first-order chi connectivity index (χ1) is 12.0. The number of rotatable bonds is 4. The Hall–Kier alpha value is -1.84. The highest BCUT2D eigenvalue weighted by Crippen LogP contribution is 2.37. The van der Waals surface area contributed by atoms with Crippen molar-refractivity contribution in [2.45, 2.75) is 57.3 Å². The minimum atomic E-state index is -0.850. The van der Waals surface area contributed by atoms with Gasteiger partial charge in [-0.2, -0.15) is 0 Å². The second kappa shape index (κ2) is 7.59. The van der Waals surface area contributed by atoms with Crippen LogP contribution in [0.25, 0.3) is 0 Å². The molecule has 3 rings (SSSR count). The minimum Gasteiger partial charge on any atom is -0.481 e. The second-order valence-corrected chi connectivity index (χ2v) is 7.98. The maximum absolute atomic E-state index is 12.7. The zero-order valence-corrected chi connectivity index (χ0v) is 15.1. The number of benzene rings is 1. The Labute approximate surface area is 150 Å². The van der Waals surface area contributed by atoms with Crippen LogP contribution in [0.3, 0.4) is 0 Å². The van der Waals surface area contributed by atoms with Gasteiger partial charge in [0.05, 0.1) is 5.41 Å². The van der Waals surface area contributed by atoms with Crippen molar-refractivity contribution in [3.63, 3.8) is 0 Å². The SMILES string of the molecule is CC1CCCC(CC(=O)N2CCC(C(=O)O)(c3ccccc3)CC2)C1. The summed E-state index contributed by atoms with van der Waals surface area (Å²) >= 11 is 0. The number of hydrogen-bond acceptors (Lipinski definition) is 2. The predicted molar refractivity (Wildman–Crippen MR) is 97.3 cm³/mol. The van der Waals surface area contributed by atoms with Crippen LogP contribution in [0.5, 0.6) is 0 Å². The van der Waals surface area contributed by atoms with Crippen molar-refractivity contribution in [2.75, 3.05) is 13.1 Å². The van der Waals surface area contributed by atoms with E-state index in [9.17, 15) is 14.7 Å². The molecule has 4 nitrogen and oxygen atoms in total. The van der Waals surface area contributed by atoms with Gasteiger partial charge in [0, 0.05) is 19.5 Å². The average Bonchev–Trinajstić information content (AvgIpc) is 2.62. The zero-order chi connectivity index (χ0) is 17.9. The van der Waals surface area contributed by atoms with Crippen molar-refractivity contribution < 1.29 is 14.7 Å². The van der Waals surface area contributed by atoms with E-state index in [4.69, 9.17) is 0 Å². The molecule has 4 heteroatoms. The Morgan fingerprint density at radius 1 is 1.16 bits per heavy atom. The van der Waals surface area contributed by atoms with Gasteiger partial charge in [-0.1, -0.05) is 50.1 Å². The van der Waals surface area contributed by atoms with Crippen LogP contribution in [0.15, 0.2) is 30.3 Å². The van der Waals surface area contributed by atoms with Crippen LogP contribution >= 0.6 is 0 Å². The third-order valence-corrected chi connectivity index (χ3v) is 6.21. The summed E-state index contributed by atoms with van der Waals surface area (Å²) in [7, 11) is 0. The number of carbonyl (C=O) groups excluding carboxylic acids is 1. The molecule has 25 heavy (non-hydrogen) atoms. The maximum atomic E-state index is 12.7. The topological polar surface area (TPSA) is 57.6 Å². The predicted octanol–water partition coefficient (Wildman–Crippen LogP) is 3.85. The lowest BCUT2D eigenvalue weighted by Crippen LogP contribution is -2.49. The lowest BCUT2D eigenvalue weighted by atomic mass is 9.72. The number of carbonyl (C=O) groups is 2. The summed E-state index contributed by atoms with van der Waals surface area (Å²) < 4.78 is 0. The lowest BCUT2D eigenvalue weighted by Gasteiger charge is -2.40. The largest absolute Gasteiger partial charge is 0.481 e. The molecule has 2 atom stereocenters. The minimum absolute atomic E-state index is 0.214. The number of likely N-dealkylation sites (tertiary alicyclic amines) is 1. The fourth-order valence-corrected chi connectivity index (χ4v) is 4.64. The van der Waals surface area contributed by atoms with Crippen LogP contribution in [0.2, 0.25) is 0 Å². The van der Waals surface area contributed by atoms with Gasteiger partial charge in [0.15, 0.2) is 0 Å². The summed E-state index contributed by atoms with van der Waals surface area (Å²) in [6.07, 6.45) is 6.46. The van der Waals surface area contributed by atoms with Crippen LogP contribution in [0.4, 0.5) is 0 Å². The van der Waals surface area contributed by atoms with Crippen molar-refractivity contribution in [2.24, 2.45) is 11.8 Å². The van der Waals surface area contributed by atoms with E-state index >= 15 is 0 Å². The molecule has 0 spiro atoms. The van der Waals surface area contributed by atoms with E-state index in [2.05, 4.69) is 6.92 Å². The number of amides is 1. The highest BCUT2D eigenvalue weighted by Gasteiger charge is 2.43. The molecule has 0 bridgehead atoms. The van der Waals surface area contributed by atoms with E-state index in [-0.39, 0.29) is 5.91 Å². The van der Waals surface area contributed by atoms with Crippen LogP contribution in [0, 0.1) is 11.8 Å². The van der Waals surface area contributed by atoms with E-state index in [1.54, 1.807) is 0 Å². The molecule has 136 valence electrons. The summed E-state index contributed by atoms with van der Waals surface area (Å²) in [6, 6.07) is 9.48. The Morgan fingerprint density at radius 3 is 2.44 bits per heavy atom. The van der Waals surface area contributed by atoms with Gasteiger partial charge < -0.3 is 10.0 Å². The first-order valence-electron chi connectivity index (χ1n) is 9.58. The summed E-state index contributed by atoms with van der Waals surface area (Å²) in [4.78, 5) is 26.6. The van der Waals surface area contributed by atoms with Gasteiger partial charge in [0.25, 0.3) is 0 Å². The van der Waals surface area contributed by atoms with Crippen LogP contribution in [0.1, 0.15) is 57.4 Å².